The van der Waals surface area contributed by atoms with Crippen LogP contribution >= 0.6 is 22.9 Å². The lowest BCUT2D eigenvalue weighted by Crippen LogP contribution is -2.48. The summed E-state index contributed by atoms with van der Waals surface area (Å²) in [5.41, 5.74) is 0.810. The number of carbonyl (C=O) groups is 3. The minimum Gasteiger partial charge on any atom is -0.469 e. The van der Waals surface area contributed by atoms with Gasteiger partial charge in [-0.05, 0) is 47.3 Å². The molecule has 0 bridgehead atoms. The Morgan fingerprint density at radius 2 is 1.75 bits per heavy atom. The number of nitrogens with zero attached hydrogens (tertiary/aromatic N) is 1. The van der Waals surface area contributed by atoms with Gasteiger partial charge in [0.15, 0.2) is 17.3 Å². The van der Waals surface area contributed by atoms with Crippen molar-refractivity contribution in [2.45, 2.75) is 18.0 Å². The van der Waals surface area contributed by atoms with Gasteiger partial charge >= 0.3 is 0 Å². The highest BCUT2D eigenvalue weighted by Gasteiger charge is 2.72. The number of rotatable bonds is 3. The predicted molar refractivity (Wildman–Crippen MR) is 138 cm³/mol. The summed E-state index contributed by atoms with van der Waals surface area (Å²) in [5.74, 6) is -1.09. The molecule has 5 nitrogen and oxygen atoms in total. The van der Waals surface area contributed by atoms with Crippen LogP contribution in [0.15, 0.2) is 88.9 Å². The molecule has 3 atom stereocenters. The molecule has 0 saturated carbocycles. The zero-order valence-corrected chi connectivity index (χ0v) is 20.3. The number of fused-ring (bicyclic) bond motifs is 5. The maximum atomic E-state index is 14.4. The molecule has 7 rings (SSSR count). The molecule has 7 heteroatoms. The van der Waals surface area contributed by atoms with Crippen LogP contribution in [0.2, 0.25) is 5.02 Å². The maximum Gasteiger partial charge on any atom is 0.195 e. The van der Waals surface area contributed by atoms with Crippen LogP contribution in [0.1, 0.15) is 47.6 Å². The van der Waals surface area contributed by atoms with E-state index in [-0.39, 0.29) is 17.3 Å². The lowest BCUT2D eigenvalue weighted by molar-refractivity contribution is 0.0652. The van der Waals surface area contributed by atoms with Crippen molar-refractivity contribution in [3.63, 3.8) is 0 Å². The summed E-state index contributed by atoms with van der Waals surface area (Å²) < 4.78 is 5.89. The van der Waals surface area contributed by atoms with Gasteiger partial charge in [0.25, 0.3) is 0 Å². The van der Waals surface area contributed by atoms with Gasteiger partial charge in [-0.15, -0.1) is 11.3 Å². The summed E-state index contributed by atoms with van der Waals surface area (Å²) in [5, 5.41) is 2.41. The number of halogens is 1. The van der Waals surface area contributed by atoms with Gasteiger partial charge in [-0.1, -0.05) is 54.1 Å². The molecular formula is C29H18ClNO4S. The van der Waals surface area contributed by atoms with Crippen LogP contribution in [-0.4, -0.2) is 29.4 Å². The van der Waals surface area contributed by atoms with Crippen molar-refractivity contribution < 1.29 is 18.8 Å². The Morgan fingerprint density at radius 3 is 2.42 bits per heavy atom. The topological polar surface area (TPSA) is 67.6 Å². The van der Waals surface area contributed by atoms with E-state index in [4.69, 9.17) is 16.0 Å². The molecule has 3 aliphatic rings. The van der Waals surface area contributed by atoms with E-state index in [1.165, 1.54) is 17.6 Å². The molecule has 4 aromatic rings. The molecule has 2 aromatic carbocycles. The molecule has 0 N–H and O–H groups in total. The first kappa shape index (κ1) is 21.5. The van der Waals surface area contributed by atoms with Crippen LogP contribution < -0.4 is 4.90 Å². The van der Waals surface area contributed by atoms with Gasteiger partial charge in [0, 0.05) is 21.8 Å². The molecule has 1 saturated heterocycles. The van der Waals surface area contributed by atoms with Crippen LogP contribution in [0.25, 0.3) is 6.08 Å². The second-order valence-electron chi connectivity index (χ2n) is 9.27. The van der Waals surface area contributed by atoms with Gasteiger partial charge < -0.3 is 9.32 Å². The summed E-state index contributed by atoms with van der Waals surface area (Å²) >= 11 is 7.64. The number of furan rings is 1. The Hall–Kier alpha value is -3.74. The molecule has 4 heterocycles. The summed E-state index contributed by atoms with van der Waals surface area (Å²) in [6.07, 6.45) is 5.29. The molecule has 1 fully saturated rings. The van der Waals surface area contributed by atoms with Crippen molar-refractivity contribution in [2.75, 3.05) is 4.90 Å². The van der Waals surface area contributed by atoms with Crippen LogP contribution in [0, 0.1) is 5.41 Å². The number of benzene rings is 2. The van der Waals surface area contributed by atoms with Crippen LogP contribution in [0.3, 0.4) is 0 Å². The van der Waals surface area contributed by atoms with E-state index in [1.807, 2.05) is 40.6 Å². The molecule has 1 spiro atoms. The van der Waals surface area contributed by atoms with Crippen LogP contribution in [-0.2, 0) is 0 Å². The third kappa shape index (κ3) is 2.63. The van der Waals surface area contributed by atoms with Crippen molar-refractivity contribution in [1.29, 1.82) is 0 Å². The average Bonchev–Trinajstić information content (AvgIpc) is 3.68. The zero-order valence-electron chi connectivity index (χ0n) is 18.8. The van der Waals surface area contributed by atoms with E-state index >= 15 is 0 Å². The summed E-state index contributed by atoms with van der Waals surface area (Å²) in [6, 6.07) is 18.0. The number of anilines is 1. The quantitative estimate of drug-likeness (QED) is 0.238. The van der Waals surface area contributed by atoms with E-state index in [2.05, 4.69) is 0 Å². The van der Waals surface area contributed by atoms with Gasteiger partial charge in [-0.25, -0.2) is 0 Å². The highest BCUT2D eigenvalue weighted by Crippen LogP contribution is 2.61. The number of Topliss-reactive ketones (excluding diaryl/α,β-unsaturated/α-hetero) is 3. The largest absolute Gasteiger partial charge is 0.469 e. The lowest BCUT2D eigenvalue weighted by atomic mass is 9.66. The average molecular weight is 512 g/mol. The second-order valence-corrected chi connectivity index (χ2v) is 10.7. The van der Waals surface area contributed by atoms with Gasteiger partial charge in [0.2, 0.25) is 0 Å². The standard InChI is InChI=1S/C29H18ClNO4S/c30-17-10-11-20-16(15-17)9-12-23-29(27(33)18-5-1-2-6-19(18)28(29)34)24(21-7-3-13-35-21)25(31(20)23)26(32)22-8-4-14-36-22/h1-15,23-25H/t23?,24-,25+/m0/s1. The third-order valence-corrected chi connectivity index (χ3v) is 8.77. The molecule has 2 aliphatic heterocycles. The van der Waals surface area contributed by atoms with Gasteiger partial charge in [0.05, 0.1) is 23.1 Å². The van der Waals surface area contributed by atoms with E-state index < -0.39 is 23.4 Å². The summed E-state index contributed by atoms with van der Waals surface area (Å²) in [7, 11) is 0. The molecule has 1 unspecified atom stereocenters. The molecule has 1 aliphatic carbocycles. The Labute approximate surface area is 215 Å². The number of hydrogen-bond donors (Lipinski definition) is 0. The van der Waals surface area contributed by atoms with Crippen molar-refractivity contribution in [1.82, 2.24) is 0 Å². The molecular weight excluding hydrogens is 494 g/mol. The number of hydrogen-bond acceptors (Lipinski definition) is 6. The number of thiophene rings is 1. The highest BCUT2D eigenvalue weighted by atomic mass is 35.5. The second kappa shape index (κ2) is 7.63. The Kier molecular flexibility index (Phi) is 4.56. The van der Waals surface area contributed by atoms with Crippen LogP contribution in [0.5, 0.6) is 0 Å². The normalized spacial score (nSPS) is 23.1. The van der Waals surface area contributed by atoms with E-state index in [0.717, 1.165) is 11.3 Å². The monoisotopic (exact) mass is 511 g/mol. The predicted octanol–water partition coefficient (Wildman–Crippen LogP) is 6.31. The van der Waals surface area contributed by atoms with Crippen molar-refractivity contribution in [2.24, 2.45) is 5.41 Å². The lowest BCUT2D eigenvalue weighted by Gasteiger charge is -2.37. The summed E-state index contributed by atoms with van der Waals surface area (Å²) in [4.78, 5) is 45.5. The van der Waals surface area contributed by atoms with Gasteiger partial charge in [-0.2, -0.15) is 0 Å². The van der Waals surface area contributed by atoms with Gasteiger partial charge in [0.1, 0.15) is 17.2 Å². The first-order valence-electron chi connectivity index (χ1n) is 11.6. The van der Waals surface area contributed by atoms with E-state index in [9.17, 15) is 14.4 Å². The SMILES string of the molecule is O=C(c1cccs1)[C@H]1[C@H](c2ccco2)C2(C(=O)c3ccccc3C2=O)C2C=Cc3cc(Cl)ccc3N21. The molecule has 0 radical (unpaired) electrons. The first-order chi connectivity index (χ1) is 17.5. The molecule has 36 heavy (non-hydrogen) atoms. The summed E-state index contributed by atoms with van der Waals surface area (Å²) in [6.45, 7) is 0. The Morgan fingerprint density at radius 1 is 0.972 bits per heavy atom. The number of ketones is 3. The Balaban J connectivity index is 1.55. The minimum atomic E-state index is -1.55. The first-order valence-corrected chi connectivity index (χ1v) is 12.8. The maximum absolute atomic E-state index is 14.4. The minimum absolute atomic E-state index is 0.152. The van der Waals surface area contributed by atoms with E-state index in [1.54, 1.807) is 48.5 Å². The third-order valence-electron chi connectivity index (χ3n) is 7.65. The van der Waals surface area contributed by atoms with Crippen LogP contribution in [0.4, 0.5) is 5.69 Å². The zero-order chi connectivity index (χ0) is 24.6. The van der Waals surface area contributed by atoms with Gasteiger partial charge in [-0.3, -0.25) is 14.4 Å². The van der Waals surface area contributed by atoms with Crippen molar-refractivity contribution in [3.8, 4) is 0 Å². The number of carbonyl (C=O) groups excluding carboxylic acids is 3. The fourth-order valence-corrected chi connectivity index (χ4v) is 7.17. The van der Waals surface area contributed by atoms with Crippen molar-refractivity contribution in [3.05, 3.63) is 117 Å². The fraction of sp³-hybridized carbons (Fsp3) is 0.138. The fourth-order valence-electron chi connectivity index (χ4n) is 6.29. The smallest absolute Gasteiger partial charge is 0.195 e. The Bertz CT molecular complexity index is 1550. The van der Waals surface area contributed by atoms with E-state index in [0.29, 0.717) is 26.8 Å². The molecule has 2 aromatic heterocycles. The molecule has 0 amide bonds. The highest BCUT2D eigenvalue weighted by molar-refractivity contribution is 7.12. The van der Waals surface area contributed by atoms with Crippen molar-refractivity contribution >= 4 is 52.1 Å². The molecule has 176 valence electrons.